The highest BCUT2D eigenvalue weighted by Crippen LogP contribution is 2.24. The third-order valence-corrected chi connectivity index (χ3v) is 5.22. The van der Waals surface area contributed by atoms with Crippen LogP contribution in [0.15, 0.2) is 59.8 Å². The zero-order valence-corrected chi connectivity index (χ0v) is 16.9. The number of imide groups is 1. The molecule has 1 aromatic heterocycles. The first-order valence-corrected chi connectivity index (χ1v) is 9.89. The van der Waals surface area contributed by atoms with E-state index in [0.717, 1.165) is 28.5 Å². The van der Waals surface area contributed by atoms with E-state index in [9.17, 15) is 9.59 Å². The number of amides is 3. The molecule has 0 unspecified atom stereocenters. The number of nitrogens with one attached hydrogen (secondary N) is 2. The summed E-state index contributed by atoms with van der Waals surface area (Å²) >= 11 is 1.13. The molecule has 0 fully saturated rings. The molecule has 150 valence electrons. The molecule has 4 N–H and O–H groups in total. The highest BCUT2D eigenvalue weighted by Gasteiger charge is 2.21. The van der Waals surface area contributed by atoms with E-state index in [-0.39, 0.29) is 0 Å². The van der Waals surface area contributed by atoms with Crippen molar-refractivity contribution in [2.24, 2.45) is 0 Å². The number of rotatable bonds is 6. The molecule has 0 saturated carbocycles. The Balaban J connectivity index is 1.55. The quantitative estimate of drug-likeness (QED) is 0.425. The average Bonchev–Trinajstić information content (AvgIpc) is 3.08. The van der Waals surface area contributed by atoms with Gasteiger partial charge in [-0.1, -0.05) is 71.9 Å². The molecular weight excluding hydrogens is 388 g/mol. The van der Waals surface area contributed by atoms with E-state index in [1.165, 1.54) is 4.68 Å². The van der Waals surface area contributed by atoms with Crippen LogP contribution in [0.2, 0.25) is 0 Å². The second-order valence-electron chi connectivity index (χ2n) is 6.46. The molecule has 0 bridgehead atoms. The lowest BCUT2D eigenvalue weighted by atomic mass is 10.1. The minimum atomic E-state index is -0.588. The highest BCUT2D eigenvalue weighted by atomic mass is 32.2. The summed E-state index contributed by atoms with van der Waals surface area (Å²) in [5, 5.41) is 12.9. The number of nitrogen functional groups attached to an aromatic ring is 1. The van der Waals surface area contributed by atoms with Crippen LogP contribution in [0.1, 0.15) is 18.1 Å². The van der Waals surface area contributed by atoms with Crippen molar-refractivity contribution in [2.75, 3.05) is 5.84 Å². The first kappa shape index (κ1) is 20.4. The molecule has 8 nitrogen and oxygen atoms in total. The number of nitrogens with zero attached hydrogens (tertiary/aromatic N) is 3. The van der Waals surface area contributed by atoms with Crippen LogP contribution in [0.25, 0.3) is 11.4 Å². The third kappa shape index (κ3) is 5.35. The summed E-state index contributed by atoms with van der Waals surface area (Å²) in [4.78, 5) is 24.3. The maximum Gasteiger partial charge on any atom is 0.321 e. The number of nitrogens with two attached hydrogens (primary N) is 1. The molecular formula is C20H22N6O2S. The molecule has 3 aromatic rings. The van der Waals surface area contributed by atoms with Crippen molar-refractivity contribution in [1.29, 1.82) is 0 Å². The Labute approximate surface area is 172 Å². The summed E-state index contributed by atoms with van der Waals surface area (Å²) < 4.78 is 1.34. The van der Waals surface area contributed by atoms with Crippen LogP contribution in [0, 0.1) is 6.92 Å². The third-order valence-electron chi connectivity index (χ3n) is 4.16. The van der Waals surface area contributed by atoms with Crippen LogP contribution in [0.4, 0.5) is 4.79 Å². The zero-order valence-electron chi connectivity index (χ0n) is 16.1. The van der Waals surface area contributed by atoms with Crippen LogP contribution in [0.3, 0.4) is 0 Å². The summed E-state index contributed by atoms with van der Waals surface area (Å²) in [5.41, 5.74) is 2.90. The molecule has 0 radical (unpaired) electrons. The van der Waals surface area contributed by atoms with Crippen molar-refractivity contribution < 1.29 is 9.59 Å². The van der Waals surface area contributed by atoms with Gasteiger partial charge < -0.3 is 11.2 Å². The topological polar surface area (TPSA) is 115 Å². The Kier molecular flexibility index (Phi) is 6.50. The first-order valence-electron chi connectivity index (χ1n) is 9.01. The molecule has 2 aromatic carbocycles. The minimum absolute atomic E-state index is 0.332. The van der Waals surface area contributed by atoms with E-state index in [4.69, 9.17) is 5.84 Å². The van der Waals surface area contributed by atoms with E-state index >= 15 is 0 Å². The van der Waals surface area contributed by atoms with Crippen molar-refractivity contribution in [1.82, 2.24) is 25.5 Å². The predicted molar refractivity (Wildman–Crippen MR) is 112 cm³/mol. The molecule has 0 saturated heterocycles. The largest absolute Gasteiger partial charge is 0.335 e. The highest BCUT2D eigenvalue weighted by molar-refractivity contribution is 8.00. The number of hydrogen-bond donors (Lipinski definition) is 3. The van der Waals surface area contributed by atoms with Gasteiger partial charge in [-0.05, 0) is 19.4 Å². The molecule has 0 aliphatic heterocycles. The molecule has 0 aliphatic carbocycles. The van der Waals surface area contributed by atoms with E-state index in [1.54, 1.807) is 6.92 Å². The van der Waals surface area contributed by atoms with Gasteiger partial charge in [0.25, 0.3) is 0 Å². The Bertz CT molecular complexity index is 988. The number of aromatic nitrogens is 3. The normalized spacial score (nSPS) is 11.7. The van der Waals surface area contributed by atoms with E-state index in [2.05, 4.69) is 20.8 Å². The SMILES string of the molecule is Cc1ccc(-c2nnc(S[C@H](C)C(=O)NC(=O)NCc3ccccc3)n2N)cc1. The van der Waals surface area contributed by atoms with Gasteiger partial charge >= 0.3 is 6.03 Å². The summed E-state index contributed by atoms with van der Waals surface area (Å²) in [7, 11) is 0. The summed E-state index contributed by atoms with van der Waals surface area (Å²) in [6.45, 7) is 4.00. The van der Waals surface area contributed by atoms with Crippen LogP contribution in [-0.2, 0) is 11.3 Å². The van der Waals surface area contributed by atoms with Crippen LogP contribution < -0.4 is 16.5 Å². The number of benzene rings is 2. The molecule has 3 amide bonds. The number of thioether (sulfide) groups is 1. The molecule has 9 heteroatoms. The van der Waals surface area contributed by atoms with Gasteiger partial charge in [-0.3, -0.25) is 10.1 Å². The number of aryl methyl sites for hydroxylation is 1. The monoisotopic (exact) mass is 410 g/mol. The van der Waals surface area contributed by atoms with Crippen molar-refractivity contribution in [2.45, 2.75) is 30.8 Å². The van der Waals surface area contributed by atoms with Crippen molar-refractivity contribution in [3.8, 4) is 11.4 Å². The predicted octanol–water partition coefficient (Wildman–Crippen LogP) is 2.47. The molecule has 0 spiro atoms. The molecule has 29 heavy (non-hydrogen) atoms. The standard InChI is InChI=1S/C20H22N6O2S/c1-13-8-10-16(11-9-13)17-24-25-20(26(17)21)29-14(2)18(27)23-19(28)22-12-15-6-4-3-5-7-15/h3-11,14H,12,21H2,1-2H3,(H2,22,23,27,28)/t14-/m1/s1. The lowest BCUT2D eigenvalue weighted by molar-refractivity contribution is -0.119. The van der Waals surface area contributed by atoms with Crippen LogP contribution in [-0.4, -0.2) is 32.1 Å². The van der Waals surface area contributed by atoms with E-state index < -0.39 is 17.2 Å². The fourth-order valence-electron chi connectivity index (χ4n) is 2.50. The smallest absolute Gasteiger partial charge is 0.321 e. The van der Waals surface area contributed by atoms with E-state index in [1.807, 2.05) is 61.5 Å². The van der Waals surface area contributed by atoms with E-state index in [0.29, 0.717) is 17.5 Å². The molecule has 3 rings (SSSR count). The summed E-state index contributed by atoms with van der Waals surface area (Å²) in [6, 6.07) is 16.6. The Morgan fingerprint density at radius 1 is 1.10 bits per heavy atom. The second kappa shape index (κ2) is 9.24. The summed E-state index contributed by atoms with van der Waals surface area (Å²) in [6.07, 6.45) is 0. The van der Waals surface area contributed by atoms with Crippen LogP contribution in [0.5, 0.6) is 0 Å². The van der Waals surface area contributed by atoms with Gasteiger partial charge in [0, 0.05) is 12.1 Å². The molecule has 1 heterocycles. The van der Waals surface area contributed by atoms with Gasteiger partial charge in [-0.25, -0.2) is 9.47 Å². The lowest BCUT2D eigenvalue weighted by Gasteiger charge is -2.11. The zero-order chi connectivity index (χ0) is 20.8. The fourth-order valence-corrected chi connectivity index (χ4v) is 3.27. The maximum absolute atomic E-state index is 12.3. The molecule has 0 aliphatic rings. The van der Waals surface area contributed by atoms with Crippen molar-refractivity contribution in [3.05, 3.63) is 65.7 Å². The van der Waals surface area contributed by atoms with Gasteiger partial charge in [-0.2, -0.15) is 0 Å². The van der Waals surface area contributed by atoms with Gasteiger partial charge in [0.15, 0.2) is 5.82 Å². The van der Waals surface area contributed by atoms with Crippen molar-refractivity contribution in [3.63, 3.8) is 0 Å². The number of carbonyl (C=O) groups is 2. The van der Waals surface area contributed by atoms with Gasteiger partial charge in [0.05, 0.1) is 5.25 Å². The Morgan fingerprint density at radius 2 is 1.79 bits per heavy atom. The van der Waals surface area contributed by atoms with Gasteiger partial charge in [0.1, 0.15) is 0 Å². The van der Waals surface area contributed by atoms with Gasteiger partial charge in [0.2, 0.25) is 11.1 Å². The maximum atomic E-state index is 12.3. The first-order chi connectivity index (χ1) is 13.9. The number of carbonyl (C=O) groups excluding carboxylic acids is 2. The number of urea groups is 1. The Morgan fingerprint density at radius 3 is 2.48 bits per heavy atom. The molecule has 1 atom stereocenters. The minimum Gasteiger partial charge on any atom is -0.335 e. The second-order valence-corrected chi connectivity index (χ2v) is 7.77. The van der Waals surface area contributed by atoms with Gasteiger partial charge in [-0.15, -0.1) is 10.2 Å². The van der Waals surface area contributed by atoms with Crippen molar-refractivity contribution >= 4 is 23.7 Å². The summed E-state index contributed by atoms with van der Waals surface area (Å²) in [5.74, 6) is 6.15. The van der Waals surface area contributed by atoms with Crippen LogP contribution >= 0.6 is 11.8 Å². The fraction of sp³-hybridized carbons (Fsp3) is 0.200. The lowest BCUT2D eigenvalue weighted by Crippen LogP contribution is -2.42. The Hall–Kier alpha value is -3.33. The average molecular weight is 411 g/mol. The number of hydrogen-bond acceptors (Lipinski definition) is 6.